The largest absolute Gasteiger partial charge is 1.00 e. The third kappa shape index (κ3) is 3.58. The molecule has 0 aliphatic heterocycles. The first kappa shape index (κ1) is 24.2. The summed E-state index contributed by atoms with van der Waals surface area (Å²) >= 11 is 21.8. The van der Waals surface area contributed by atoms with Gasteiger partial charge in [-0.1, -0.05) is 38.2 Å². The van der Waals surface area contributed by atoms with Gasteiger partial charge < -0.3 is 4.79 Å². The first-order chi connectivity index (χ1) is 11.7. The van der Waals surface area contributed by atoms with Crippen LogP contribution in [0.4, 0.5) is 0 Å². The molecule has 0 spiro atoms. The molecule has 0 N–H and O–H groups in total. The number of thiol groups is 5. The second-order valence-electron chi connectivity index (χ2n) is 5.28. The number of benzene rings is 2. The predicted octanol–water partition coefficient (Wildman–Crippen LogP) is 5.35. The van der Waals surface area contributed by atoms with Gasteiger partial charge in [0, 0.05) is 30.7 Å². The molecule has 2 nitrogen and oxygen atoms in total. The molecule has 0 bridgehead atoms. The van der Waals surface area contributed by atoms with E-state index < -0.39 is 0 Å². The molecule has 0 aromatic heterocycles. The summed E-state index contributed by atoms with van der Waals surface area (Å²) in [4.78, 5) is 27.9. The number of carbonyl (C=O) groups excluding carboxylic acids is 2. The number of ketones is 2. The van der Waals surface area contributed by atoms with Gasteiger partial charge in [-0.05, 0) is 5.56 Å². The van der Waals surface area contributed by atoms with E-state index in [1.807, 2.05) is 27.7 Å². The van der Waals surface area contributed by atoms with Crippen molar-refractivity contribution in [1.29, 1.82) is 0 Å². The van der Waals surface area contributed by atoms with Crippen LogP contribution in [0.5, 0.6) is 0 Å². The van der Waals surface area contributed by atoms with E-state index in [-0.39, 0.29) is 53.6 Å². The molecular formula is C18H17O2OsS5. The molecule has 0 saturated heterocycles. The molecule has 0 atom stereocenters. The Bertz CT molecular complexity index is 938. The van der Waals surface area contributed by atoms with Gasteiger partial charge in [-0.3, -0.25) is 4.79 Å². The summed E-state index contributed by atoms with van der Waals surface area (Å²) in [6.07, 6.45) is 0. The van der Waals surface area contributed by atoms with Crippen LogP contribution in [0.15, 0.2) is 24.5 Å². The van der Waals surface area contributed by atoms with Crippen molar-refractivity contribution in [3.05, 3.63) is 39.4 Å². The molecule has 0 amide bonds. The van der Waals surface area contributed by atoms with E-state index in [1.165, 1.54) is 0 Å². The summed E-state index contributed by atoms with van der Waals surface area (Å²) < 4.78 is 0. The van der Waals surface area contributed by atoms with Crippen molar-refractivity contribution >= 4 is 74.7 Å². The van der Waals surface area contributed by atoms with Crippen LogP contribution >= 0.6 is 63.1 Å². The van der Waals surface area contributed by atoms with Crippen molar-refractivity contribution in [2.24, 2.45) is 0 Å². The van der Waals surface area contributed by atoms with Crippen LogP contribution in [0, 0.1) is 19.9 Å². The van der Waals surface area contributed by atoms with Gasteiger partial charge in [-0.15, -0.1) is 67.7 Å². The number of hydrogen-bond acceptors (Lipinski definition) is 7. The van der Waals surface area contributed by atoms with Crippen molar-refractivity contribution < 1.29 is 29.4 Å². The maximum absolute atomic E-state index is 13.0. The molecule has 3 rings (SSSR count). The van der Waals surface area contributed by atoms with E-state index in [9.17, 15) is 9.59 Å². The van der Waals surface area contributed by atoms with E-state index in [1.54, 1.807) is 0 Å². The Morgan fingerprint density at radius 1 is 0.654 bits per heavy atom. The first-order valence-electron chi connectivity index (χ1n) is 7.53. The van der Waals surface area contributed by atoms with Gasteiger partial charge in [-0.2, -0.15) is 12.6 Å². The third-order valence-corrected chi connectivity index (χ3v) is 6.90. The zero-order valence-electron chi connectivity index (χ0n) is 14.4. The summed E-state index contributed by atoms with van der Waals surface area (Å²) in [6.45, 7) is 7.67. The predicted molar refractivity (Wildman–Crippen MR) is 116 cm³/mol. The fraction of sp³-hybridized carbons (Fsp3) is 0.222. The Morgan fingerprint density at radius 2 is 1.08 bits per heavy atom. The normalized spacial score (nSPS) is 11.9. The van der Waals surface area contributed by atoms with Gasteiger partial charge in [0.15, 0.2) is 5.78 Å². The van der Waals surface area contributed by atoms with E-state index in [2.05, 4.69) is 69.2 Å². The SMILES string of the molecule is CC.Cc1[c-]c2c(c(S)c1C)C(=O)c1c(S)c(S)c(S)c(S)c1C2=O.[Os+]. The van der Waals surface area contributed by atoms with E-state index in [4.69, 9.17) is 0 Å². The smallest absolute Gasteiger partial charge is 0.346 e. The molecule has 8 heteroatoms. The maximum atomic E-state index is 13.0. The molecule has 1 aliphatic carbocycles. The van der Waals surface area contributed by atoms with Crippen molar-refractivity contribution in [3.63, 3.8) is 0 Å². The van der Waals surface area contributed by atoms with Crippen LogP contribution in [-0.4, -0.2) is 11.6 Å². The summed E-state index contributed by atoms with van der Waals surface area (Å²) in [5.41, 5.74) is 2.48. The van der Waals surface area contributed by atoms with Gasteiger partial charge in [0.25, 0.3) is 0 Å². The minimum atomic E-state index is -0.322. The molecule has 0 saturated carbocycles. The molecule has 1 radical (unpaired) electrons. The average Bonchev–Trinajstić information content (AvgIpc) is 2.60. The second kappa shape index (κ2) is 9.11. The number of fused-ring (bicyclic) bond motifs is 2. The minimum absolute atomic E-state index is 0. The summed E-state index contributed by atoms with van der Waals surface area (Å²) in [6, 6.07) is 3.02. The quantitative estimate of drug-likeness (QED) is 0.175. The summed E-state index contributed by atoms with van der Waals surface area (Å²) in [5, 5.41) is 0. The van der Waals surface area contributed by atoms with E-state index in [0.717, 1.165) is 11.1 Å². The van der Waals surface area contributed by atoms with Gasteiger partial charge >= 0.3 is 19.8 Å². The molecule has 26 heavy (non-hydrogen) atoms. The van der Waals surface area contributed by atoms with Crippen LogP contribution in [0.3, 0.4) is 0 Å². The van der Waals surface area contributed by atoms with Crippen molar-refractivity contribution in [2.75, 3.05) is 0 Å². The Hall–Kier alpha value is 0.166. The van der Waals surface area contributed by atoms with Crippen LogP contribution in [0.1, 0.15) is 56.8 Å². The molecule has 2 aromatic rings. The topological polar surface area (TPSA) is 34.1 Å². The Labute approximate surface area is 194 Å². The average molecular weight is 616 g/mol. The van der Waals surface area contributed by atoms with Gasteiger partial charge in [-0.25, -0.2) is 0 Å². The molecule has 0 unspecified atom stereocenters. The van der Waals surface area contributed by atoms with Crippen LogP contribution in [0.25, 0.3) is 0 Å². The maximum Gasteiger partial charge on any atom is 1.00 e. The monoisotopic (exact) mass is 617 g/mol. The molecule has 139 valence electrons. The Balaban J connectivity index is 0.00000109. The molecule has 2 aromatic carbocycles. The van der Waals surface area contributed by atoms with Crippen molar-refractivity contribution in [1.82, 2.24) is 0 Å². The van der Waals surface area contributed by atoms with Gasteiger partial charge in [0.1, 0.15) is 5.78 Å². The van der Waals surface area contributed by atoms with Crippen LogP contribution < -0.4 is 0 Å². The zero-order valence-corrected chi connectivity index (χ0v) is 21.4. The molecule has 1 aliphatic rings. The minimum Gasteiger partial charge on any atom is -0.346 e. The summed E-state index contributed by atoms with van der Waals surface area (Å²) in [5.74, 6) is -0.639. The van der Waals surface area contributed by atoms with Gasteiger partial charge in [0.05, 0.1) is 0 Å². The molecular weight excluding hydrogens is 599 g/mol. The molecule has 0 fully saturated rings. The van der Waals surface area contributed by atoms with Gasteiger partial charge in [0.2, 0.25) is 0 Å². The Morgan fingerprint density at radius 3 is 1.54 bits per heavy atom. The third-order valence-electron chi connectivity index (χ3n) is 4.02. The van der Waals surface area contributed by atoms with Crippen molar-refractivity contribution in [2.45, 2.75) is 52.2 Å². The standard InChI is InChI=1S/C16H11O2S5.C2H6.Os/c1-4-3-6-7(12(19)5(4)2)11(18)9-8(10(6)17)13(20)15(22)16(23)14(9)21;1-2;/h19-23H,1-2H3;1-2H3;/q-1;;+1. The first-order valence-corrected chi connectivity index (χ1v) is 9.76. The van der Waals surface area contributed by atoms with Crippen LogP contribution in [0.2, 0.25) is 0 Å². The van der Waals surface area contributed by atoms with E-state index >= 15 is 0 Å². The van der Waals surface area contributed by atoms with E-state index in [0.29, 0.717) is 24.5 Å². The number of hydrogen-bond donors (Lipinski definition) is 5. The fourth-order valence-corrected chi connectivity index (χ4v) is 4.26. The Kier molecular flexibility index (Phi) is 8.48. The summed E-state index contributed by atoms with van der Waals surface area (Å²) in [7, 11) is 0. The van der Waals surface area contributed by atoms with Crippen LogP contribution in [-0.2, 0) is 19.8 Å². The number of aryl methyl sites for hydroxylation is 1. The molecule has 0 heterocycles. The zero-order chi connectivity index (χ0) is 19.2. The van der Waals surface area contributed by atoms with Crippen molar-refractivity contribution in [3.8, 4) is 0 Å². The number of rotatable bonds is 0. The second-order valence-corrected chi connectivity index (χ2v) is 7.51. The fourth-order valence-electron chi connectivity index (χ4n) is 2.61. The number of carbonyl (C=O) groups is 2.